The Morgan fingerprint density at radius 3 is 2.71 bits per heavy atom. The lowest BCUT2D eigenvalue weighted by molar-refractivity contribution is -0.126. The van der Waals surface area contributed by atoms with E-state index in [4.69, 9.17) is 4.52 Å². The van der Waals surface area contributed by atoms with Gasteiger partial charge in [0.05, 0.1) is 5.92 Å². The zero-order chi connectivity index (χ0) is 14.8. The highest BCUT2D eigenvalue weighted by Gasteiger charge is 2.26. The third-order valence-electron chi connectivity index (χ3n) is 3.51. The minimum atomic E-state index is -0.256. The maximum absolute atomic E-state index is 12.1. The first-order valence-corrected chi connectivity index (χ1v) is 7.23. The molecule has 2 atom stereocenters. The minimum Gasteiger partial charge on any atom is -0.344 e. The molecule has 1 saturated heterocycles. The van der Waals surface area contributed by atoms with Gasteiger partial charge >= 0.3 is 0 Å². The Morgan fingerprint density at radius 1 is 1.48 bits per heavy atom. The predicted molar refractivity (Wildman–Crippen MR) is 82.4 cm³/mol. The molecule has 2 rings (SSSR count). The third-order valence-corrected chi connectivity index (χ3v) is 3.51. The van der Waals surface area contributed by atoms with E-state index in [1.165, 1.54) is 0 Å². The molecule has 1 aromatic heterocycles. The zero-order valence-corrected chi connectivity index (χ0v) is 13.9. The summed E-state index contributed by atoms with van der Waals surface area (Å²) >= 11 is 0. The Balaban J connectivity index is 0.00000220. The van der Waals surface area contributed by atoms with Gasteiger partial charge in [-0.25, -0.2) is 0 Å². The van der Waals surface area contributed by atoms with E-state index in [1.807, 2.05) is 27.7 Å². The van der Waals surface area contributed by atoms with E-state index in [2.05, 4.69) is 20.8 Å². The predicted octanol–water partition coefficient (Wildman–Crippen LogP) is 1.97. The van der Waals surface area contributed by atoms with Crippen LogP contribution in [-0.4, -0.2) is 29.1 Å². The molecule has 1 aliphatic rings. The Kier molecular flexibility index (Phi) is 6.16. The molecular weight excluding hydrogens is 292 g/mol. The average molecular weight is 317 g/mol. The second-order valence-electron chi connectivity index (χ2n) is 6.48. The Bertz CT molecular complexity index is 464. The largest absolute Gasteiger partial charge is 0.344 e. The van der Waals surface area contributed by atoms with E-state index in [9.17, 15) is 4.79 Å². The molecule has 1 amide bonds. The summed E-state index contributed by atoms with van der Waals surface area (Å²) in [6, 6.07) is -0.256. The van der Waals surface area contributed by atoms with Crippen LogP contribution in [0.1, 0.15) is 58.3 Å². The zero-order valence-electron chi connectivity index (χ0n) is 13.1. The van der Waals surface area contributed by atoms with Gasteiger partial charge in [-0.1, -0.05) is 25.9 Å². The van der Waals surface area contributed by atoms with Crippen LogP contribution in [0.25, 0.3) is 0 Å². The van der Waals surface area contributed by atoms with Gasteiger partial charge in [-0.3, -0.25) is 4.79 Å². The number of aromatic nitrogens is 2. The van der Waals surface area contributed by atoms with Crippen molar-refractivity contribution in [3.05, 3.63) is 11.7 Å². The molecule has 1 fully saturated rings. The van der Waals surface area contributed by atoms with Crippen molar-refractivity contribution in [1.29, 1.82) is 0 Å². The first-order valence-electron chi connectivity index (χ1n) is 7.23. The Morgan fingerprint density at radius 2 is 2.19 bits per heavy atom. The number of halogens is 1. The fraction of sp³-hybridized carbons (Fsp3) is 0.786. The van der Waals surface area contributed by atoms with E-state index in [0.717, 1.165) is 25.9 Å². The van der Waals surface area contributed by atoms with Crippen molar-refractivity contribution in [2.45, 2.75) is 52.0 Å². The van der Waals surface area contributed by atoms with Crippen molar-refractivity contribution in [3.8, 4) is 0 Å². The Labute approximate surface area is 131 Å². The maximum Gasteiger partial charge on any atom is 0.248 e. The Hall–Kier alpha value is -1.14. The third kappa shape index (κ3) is 4.68. The highest BCUT2D eigenvalue weighted by Crippen LogP contribution is 2.21. The second-order valence-corrected chi connectivity index (χ2v) is 6.48. The smallest absolute Gasteiger partial charge is 0.248 e. The van der Waals surface area contributed by atoms with E-state index in [0.29, 0.717) is 11.7 Å². The fourth-order valence-electron chi connectivity index (χ4n) is 2.18. The molecule has 0 saturated carbocycles. The molecule has 6 nitrogen and oxygen atoms in total. The SMILES string of the molecule is CC(NC(=O)C1CCCNC1)c1nc(C(C)(C)C)no1.Cl. The van der Waals surface area contributed by atoms with Gasteiger partial charge in [-0.15, -0.1) is 12.4 Å². The quantitative estimate of drug-likeness (QED) is 0.891. The van der Waals surface area contributed by atoms with Crippen molar-refractivity contribution in [1.82, 2.24) is 20.8 Å². The first-order chi connectivity index (χ1) is 9.38. The molecule has 2 unspecified atom stereocenters. The lowest BCUT2D eigenvalue weighted by Crippen LogP contribution is -2.41. The van der Waals surface area contributed by atoms with E-state index >= 15 is 0 Å². The van der Waals surface area contributed by atoms with Gasteiger partial charge in [-0.05, 0) is 26.3 Å². The molecule has 21 heavy (non-hydrogen) atoms. The molecule has 120 valence electrons. The summed E-state index contributed by atoms with van der Waals surface area (Å²) in [5.74, 6) is 1.22. The van der Waals surface area contributed by atoms with Gasteiger partial charge in [0.25, 0.3) is 0 Å². The normalized spacial score (nSPS) is 20.5. The fourth-order valence-corrected chi connectivity index (χ4v) is 2.18. The number of piperidine rings is 1. The molecule has 0 aliphatic carbocycles. The summed E-state index contributed by atoms with van der Waals surface area (Å²) < 4.78 is 5.25. The van der Waals surface area contributed by atoms with Crippen molar-refractivity contribution in [2.75, 3.05) is 13.1 Å². The molecule has 0 radical (unpaired) electrons. The molecule has 2 heterocycles. The van der Waals surface area contributed by atoms with Crippen LogP contribution in [0.15, 0.2) is 4.52 Å². The van der Waals surface area contributed by atoms with E-state index < -0.39 is 0 Å². The molecule has 0 bridgehead atoms. The number of carbonyl (C=O) groups excluding carboxylic acids is 1. The number of nitrogens with one attached hydrogen (secondary N) is 2. The lowest BCUT2D eigenvalue weighted by atomic mass is 9.96. The number of carbonyl (C=O) groups is 1. The molecule has 0 spiro atoms. The highest BCUT2D eigenvalue weighted by molar-refractivity contribution is 5.85. The van der Waals surface area contributed by atoms with Crippen LogP contribution in [0.4, 0.5) is 0 Å². The number of hydrogen-bond donors (Lipinski definition) is 2. The average Bonchev–Trinajstić information content (AvgIpc) is 2.89. The van der Waals surface area contributed by atoms with Crippen molar-refractivity contribution < 1.29 is 9.32 Å². The van der Waals surface area contributed by atoms with Gasteiger partial charge in [0.15, 0.2) is 5.82 Å². The summed E-state index contributed by atoms with van der Waals surface area (Å²) in [6.45, 7) is 9.69. The first kappa shape index (κ1) is 17.9. The van der Waals surface area contributed by atoms with Gasteiger partial charge < -0.3 is 15.2 Å². The van der Waals surface area contributed by atoms with Crippen LogP contribution in [-0.2, 0) is 10.2 Å². The van der Waals surface area contributed by atoms with Crippen LogP contribution in [0, 0.1) is 5.92 Å². The summed E-state index contributed by atoms with van der Waals surface area (Å²) in [5.41, 5.74) is -0.154. The molecule has 1 aliphatic heterocycles. The number of hydrogen-bond acceptors (Lipinski definition) is 5. The molecule has 2 N–H and O–H groups in total. The van der Waals surface area contributed by atoms with Gasteiger partial charge in [-0.2, -0.15) is 4.98 Å². The van der Waals surface area contributed by atoms with Crippen LogP contribution >= 0.6 is 12.4 Å². The van der Waals surface area contributed by atoms with E-state index in [-0.39, 0.29) is 35.7 Å². The standard InChI is InChI=1S/C14H24N4O2.ClH/c1-9(12-17-13(18-20-12)14(2,3)4)16-11(19)10-6-5-7-15-8-10;/h9-10,15H,5-8H2,1-4H3,(H,16,19);1H. The molecular formula is C14H25ClN4O2. The van der Waals surface area contributed by atoms with Crippen LogP contribution in [0.2, 0.25) is 0 Å². The molecule has 7 heteroatoms. The number of rotatable bonds is 3. The number of amides is 1. The summed E-state index contributed by atoms with van der Waals surface area (Å²) in [5, 5.41) is 10.2. The van der Waals surface area contributed by atoms with Gasteiger partial charge in [0.2, 0.25) is 11.8 Å². The lowest BCUT2D eigenvalue weighted by Gasteiger charge is -2.23. The summed E-state index contributed by atoms with van der Waals surface area (Å²) in [6.07, 6.45) is 1.98. The number of nitrogens with zero attached hydrogens (tertiary/aromatic N) is 2. The van der Waals surface area contributed by atoms with Crippen molar-refractivity contribution in [2.24, 2.45) is 5.92 Å². The monoisotopic (exact) mass is 316 g/mol. The second kappa shape index (κ2) is 7.22. The highest BCUT2D eigenvalue weighted by atomic mass is 35.5. The summed E-state index contributed by atoms with van der Waals surface area (Å²) in [4.78, 5) is 16.5. The van der Waals surface area contributed by atoms with Gasteiger partial charge in [0.1, 0.15) is 6.04 Å². The van der Waals surface area contributed by atoms with Crippen molar-refractivity contribution >= 4 is 18.3 Å². The van der Waals surface area contributed by atoms with Crippen molar-refractivity contribution in [3.63, 3.8) is 0 Å². The van der Waals surface area contributed by atoms with Crippen LogP contribution in [0.5, 0.6) is 0 Å². The van der Waals surface area contributed by atoms with E-state index in [1.54, 1.807) is 0 Å². The maximum atomic E-state index is 12.1. The summed E-state index contributed by atoms with van der Waals surface area (Å²) in [7, 11) is 0. The topological polar surface area (TPSA) is 80.0 Å². The minimum absolute atomic E-state index is 0. The molecule has 1 aromatic rings. The van der Waals surface area contributed by atoms with Gasteiger partial charge in [0, 0.05) is 12.0 Å². The molecule has 0 aromatic carbocycles. The van der Waals surface area contributed by atoms with Crippen LogP contribution < -0.4 is 10.6 Å². The van der Waals surface area contributed by atoms with Crippen LogP contribution in [0.3, 0.4) is 0 Å².